The van der Waals surface area contributed by atoms with Crippen LogP contribution in [0.2, 0.25) is 0 Å². The Kier molecular flexibility index (Phi) is 4.73. The fraction of sp³-hybridized carbons (Fsp3) is 0.667. The minimum Gasteiger partial charge on any atom is -0.122 e. The first-order valence-electron chi connectivity index (χ1n) is 2.65. The van der Waals surface area contributed by atoms with Crippen LogP contribution in [0.3, 0.4) is 0 Å². The molecule has 0 aliphatic carbocycles. The average molecular weight is 187 g/mol. The highest BCUT2D eigenvalue weighted by atomic mass is 35.5. The molecule has 0 nitrogen and oxygen atoms in total. The minimum atomic E-state index is -0.650. The van der Waals surface area contributed by atoms with Crippen LogP contribution in [0.15, 0.2) is 12.2 Å². The lowest BCUT2D eigenvalue weighted by Crippen LogP contribution is -2.02. The Balaban J connectivity index is 3.38. The van der Waals surface area contributed by atoms with E-state index in [4.69, 9.17) is 34.8 Å². The molecule has 0 aliphatic heterocycles. The lowest BCUT2D eigenvalue weighted by Gasteiger charge is -2.07. The Bertz CT molecular complexity index is 91.0. The number of hydrogen-bond donors (Lipinski definition) is 0. The van der Waals surface area contributed by atoms with E-state index in [-0.39, 0.29) is 0 Å². The molecule has 0 aromatic rings. The summed E-state index contributed by atoms with van der Waals surface area (Å²) >= 11 is 16.6. The highest BCUT2D eigenvalue weighted by Crippen LogP contribution is 2.23. The van der Waals surface area contributed by atoms with Crippen molar-refractivity contribution < 1.29 is 0 Å². The van der Waals surface area contributed by atoms with Crippen molar-refractivity contribution in [2.24, 2.45) is 0 Å². The highest BCUT2D eigenvalue weighted by molar-refractivity contribution is 6.48. The smallest absolute Gasteiger partial charge is 0.119 e. The molecule has 9 heavy (non-hydrogen) atoms. The Morgan fingerprint density at radius 1 is 1.33 bits per heavy atom. The van der Waals surface area contributed by atoms with Crippen molar-refractivity contribution in [1.29, 1.82) is 0 Å². The van der Waals surface area contributed by atoms with E-state index in [1.54, 1.807) is 6.92 Å². The largest absolute Gasteiger partial charge is 0.122 e. The Labute approximate surface area is 70.8 Å². The van der Waals surface area contributed by atoms with Crippen molar-refractivity contribution in [3.05, 3.63) is 12.2 Å². The predicted octanol–water partition coefficient (Wildman–Crippen LogP) is 3.37. The van der Waals surface area contributed by atoms with Gasteiger partial charge in [0.05, 0.1) is 0 Å². The van der Waals surface area contributed by atoms with Crippen LogP contribution in [0.1, 0.15) is 13.3 Å². The van der Waals surface area contributed by atoms with Crippen LogP contribution >= 0.6 is 34.8 Å². The molecular formula is C6H9Cl3. The Hall–Kier alpha value is 0.610. The second-order valence-electron chi connectivity index (χ2n) is 1.90. The van der Waals surface area contributed by atoms with E-state index in [9.17, 15) is 0 Å². The Morgan fingerprint density at radius 2 is 1.89 bits per heavy atom. The zero-order valence-electron chi connectivity index (χ0n) is 5.20. The summed E-state index contributed by atoms with van der Waals surface area (Å²) < 4.78 is -0.650. The summed E-state index contributed by atoms with van der Waals surface area (Å²) in [5.74, 6) is 0.518. The average Bonchev–Trinajstić information content (AvgIpc) is 1.63. The third kappa shape index (κ3) is 8.61. The molecule has 0 heterocycles. The fourth-order valence-corrected chi connectivity index (χ4v) is 0.657. The van der Waals surface area contributed by atoms with Crippen LogP contribution in [0, 0.1) is 0 Å². The van der Waals surface area contributed by atoms with Gasteiger partial charge in [0.15, 0.2) is 0 Å². The van der Waals surface area contributed by atoms with Crippen LogP contribution in [0.5, 0.6) is 0 Å². The van der Waals surface area contributed by atoms with Gasteiger partial charge in [0.2, 0.25) is 0 Å². The van der Waals surface area contributed by atoms with Crippen molar-refractivity contribution >= 4 is 34.8 Å². The highest BCUT2D eigenvalue weighted by Gasteiger charge is 2.12. The molecule has 0 saturated carbocycles. The molecule has 0 aromatic heterocycles. The molecule has 0 aromatic carbocycles. The molecule has 0 saturated heterocycles. The van der Waals surface area contributed by atoms with E-state index in [1.807, 2.05) is 12.2 Å². The third-order valence-electron chi connectivity index (χ3n) is 0.732. The lowest BCUT2D eigenvalue weighted by molar-refractivity contribution is 0.882. The van der Waals surface area contributed by atoms with Crippen LogP contribution in [0.25, 0.3) is 0 Å². The molecule has 0 rings (SSSR count). The van der Waals surface area contributed by atoms with E-state index in [0.717, 1.165) is 0 Å². The zero-order valence-corrected chi connectivity index (χ0v) is 7.47. The minimum absolute atomic E-state index is 0.518. The maximum absolute atomic E-state index is 5.64. The van der Waals surface area contributed by atoms with Crippen LogP contribution in [0.4, 0.5) is 0 Å². The maximum atomic E-state index is 5.64. The van der Waals surface area contributed by atoms with E-state index in [1.165, 1.54) is 0 Å². The van der Waals surface area contributed by atoms with E-state index in [0.29, 0.717) is 12.3 Å². The van der Waals surface area contributed by atoms with E-state index >= 15 is 0 Å². The van der Waals surface area contributed by atoms with Gasteiger partial charge in [-0.25, -0.2) is 0 Å². The summed E-state index contributed by atoms with van der Waals surface area (Å²) in [6, 6.07) is 0. The first-order chi connectivity index (χ1) is 4.06. The Morgan fingerprint density at radius 3 is 2.22 bits per heavy atom. The lowest BCUT2D eigenvalue weighted by atomic mass is 10.3. The third-order valence-corrected chi connectivity index (χ3v) is 1.22. The molecule has 3 heteroatoms. The molecule has 0 amide bonds. The SMILES string of the molecule is CC(Cl)(Cl)CC=CCCl. The summed E-state index contributed by atoms with van der Waals surface area (Å²) in [7, 11) is 0. The molecule has 0 radical (unpaired) electrons. The molecule has 54 valence electrons. The van der Waals surface area contributed by atoms with Gasteiger partial charge in [-0.3, -0.25) is 0 Å². The molecule has 0 fully saturated rings. The van der Waals surface area contributed by atoms with Gasteiger partial charge in [0.1, 0.15) is 4.33 Å². The van der Waals surface area contributed by atoms with Gasteiger partial charge in [0.25, 0.3) is 0 Å². The van der Waals surface area contributed by atoms with Gasteiger partial charge in [-0.05, 0) is 13.3 Å². The van der Waals surface area contributed by atoms with Crippen molar-refractivity contribution in [3.8, 4) is 0 Å². The summed E-state index contributed by atoms with van der Waals surface area (Å²) in [5, 5.41) is 0. The first kappa shape index (κ1) is 9.61. The summed E-state index contributed by atoms with van der Waals surface area (Å²) in [6.45, 7) is 1.74. The molecule has 0 atom stereocenters. The van der Waals surface area contributed by atoms with Gasteiger partial charge in [-0.1, -0.05) is 12.2 Å². The molecule has 0 unspecified atom stereocenters. The number of hydrogen-bond acceptors (Lipinski definition) is 0. The summed E-state index contributed by atoms with van der Waals surface area (Å²) in [6.07, 6.45) is 4.33. The van der Waals surface area contributed by atoms with Crippen molar-refractivity contribution in [2.75, 3.05) is 5.88 Å². The van der Waals surface area contributed by atoms with E-state index < -0.39 is 4.33 Å². The monoisotopic (exact) mass is 186 g/mol. The second kappa shape index (κ2) is 4.43. The normalized spacial score (nSPS) is 12.9. The number of rotatable bonds is 3. The van der Waals surface area contributed by atoms with Gasteiger partial charge < -0.3 is 0 Å². The van der Waals surface area contributed by atoms with Crippen molar-refractivity contribution in [3.63, 3.8) is 0 Å². The second-order valence-corrected chi connectivity index (χ2v) is 4.07. The summed E-state index contributed by atoms with van der Waals surface area (Å²) in [5.41, 5.74) is 0. The predicted molar refractivity (Wildman–Crippen MR) is 44.6 cm³/mol. The number of halogens is 3. The fourth-order valence-electron chi connectivity index (χ4n) is 0.353. The van der Waals surface area contributed by atoms with Crippen LogP contribution in [-0.4, -0.2) is 10.2 Å². The maximum Gasteiger partial charge on any atom is 0.119 e. The van der Waals surface area contributed by atoms with Crippen molar-refractivity contribution in [1.82, 2.24) is 0 Å². The number of allylic oxidation sites excluding steroid dienone is 2. The summed E-state index contributed by atoms with van der Waals surface area (Å²) in [4.78, 5) is 0. The first-order valence-corrected chi connectivity index (χ1v) is 3.94. The molecular weight excluding hydrogens is 178 g/mol. The van der Waals surface area contributed by atoms with Crippen LogP contribution in [-0.2, 0) is 0 Å². The molecule has 0 aliphatic rings. The van der Waals surface area contributed by atoms with Gasteiger partial charge in [-0.2, -0.15) is 0 Å². The van der Waals surface area contributed by atoms with Gasteiger partial charge >= 0.3 is 0 Å². The van der Waals surface area contributed by atoms with Crippen molar-refractivity contribution in [2.45, 2.75) is 17.7 Å². The van der Waals surface area contributed by atoms with E-state index in [2.05, 4.69) is 0 Å². The van der Waals surface area contributed by atoms with Gasteiger partial charge in [-0.15, -0.1) is 34.8 Å². The quantitative estimate of drug-likeness (QED) is 0.469. The zero-order chi connectivity index (χ0) is 7.33. The van der Waals surface area contributed by atoms with Crippen LogP contribution < -0.4 is 0 Å². The molecule has 0 bridgehead atoms. The molecule has 0 spiro atoms. The topological polar surface area (TPSA) is 0 Å². The molecule has 0 N–H and O–H groups in total. The standard InChI is InChI=1S/C6H9Cl3/c1-6(8,9)4-2-3-5-7/h2-3H,4-5H2,1H3. The van der Waals surface area contributed by atoms with Gasteiger partial charge in [0, 0.05) is 5.88 Å². The number of alkyl halides is 3.